The number of nitrogens with one attached hydrogen (secondary N) is 5. The van der Waals surface area contributed by atoms with Crippen molar-refractivity contribution in [1.82, 2.24) is 45.9 Å². The quantitative estimate of drug-likeness (QED) is 0.0457. The maximum Gasteiger partial charge on any atom is 0.262 e. The molecule has 21 heteroatoms. The molecular formula is C54H62FN11O9. The number of piperidine rings is 2. The predicted molar refractivity (Wildman–Crippen MR) is 273 cm³/mol. The van der Waals surface area contributed by atoms with Crippen molar-refractivity contribution in [2.24, 2.45) is 0 Å². The van der Waals surface area contributed by atoms with E-state index in [2.05, 4.69) is 41.4 Å². The van der Waals surface area contributed by atoms with Crippen molar-refractivity contribution in [3.8, 4) is 17.1 Å². The van der Waals surface area contributed by atoms with Crippen LogP contribution in [0, 0.1) is 5.82 Å². The Bertz CT molecular complexity index is 2870. The molecule has 5 aromatic rings. The zero-order chi connectivity index (χ0) is 52.3. The minimum absolute atomic E-state index is 0.00365. The molecule has 6 heterocycles. The van der Waals surface area contributed by atoms with Gasteiger partial charge >= 0.3 is 0 Å². The van der Waals surface area contributed by atoms with Crippen LogP contribution in [-0.2, 0) is 29.4 Å². The summed E-state index contributed by atoms with van der Waals surface area (Å²) in [4.78, 5) is 88.5. The van der Waals surface area contributed by atoms with Crippen LogP contribution < -0.4 is 30.9 Å². The monoisotopic (exact) mass is 1030 g/mol. The maximum atomic E-state index is 15.3. The van der Waals surface area contributed by atoms with Crippen LogP contribution >= 0.6 is 0 Å². The van der Waals surface area contributed by atoms with Gasteiger partial charge in [0.15, 0.2) is 11.6 Å². The molecule has 1 unspecified atom stereocenters. The summed E-state index contributed by atoms with van der Waals surface area (Å²) in [5.74, 6) is -1.61. The average molecular weight is 1030 g/mol. The van der Waals surface area contributed by atoms with Crippen LogP contribution in [0.5, 0.6) is 5.75 Å². The zero-order valence-electron chi connectivity index (χ0n) is 41.9. The Morgan fingerprint density at radius 2 is 1.56 bits per heavy atom. The normalized spacial score (nSPS) is 17.9. The summed E-state index contributed by atoms with van der Waals surface area (Å²) in [6.07, 6.45) is 8.25. The Labute approximate surface area is 433 Å². The molecule has 3 fully saturated rings. The predicted octanol–water partition coefficient (Wildman–Crippen LogP) is 4.91. The van der Waals surface area contributed by atoms with E-state index in [9.17, 15) is 28.8 Å². The number of hydrogen-bond donors (Lipinski definition) is 5. The summed E-state index contributed by atoms with van der Waals surface area (Å²) < 4.78 is 32.8. The molecule has 6 amide bonds. The highest BCUT2D eigenvalue weighted by Gasteiger charge is 2.45. The summed E-state index contributed by atoms with van der Waals surface area (Å²) >= 11 is 0. The molecule has 0 bridgehead atoms. The number of carbonyl (C=O) groups excluding carboxylic acids is 6. The first-order valence-corrected chi connectivity index (χ1v) is 25.7. The van der Waals surface area contributed by atoms with E-state index < -0.39 is 41.0 Å². The van der Waals surface area contributed by atoms with Crippen LogP contribution in [0.15, 0.2) is 85.2 Å². The number of carbonyl (C=O) groups is 6. The number of benzene rings is 3. The first kappa shape index (κ1) is 52.3. The lowest BCUT2D eigenvalue weighted by atomic mass is 9.87. The molecule has 2 atom stereocenters. The van der Waals surface area contributed by atoms with E-state index in [0.717, 1.165) is 84.5 Å². The second kappa shape index (κ2) is 24.2. The van der Waals surface area contributed by atoms with Crippen molar-refractivity contribution in [1.29, 1.82) is 0 Å². The highest BCUT2D eigenvalue weighted by atomic mass is 19.1. The minimum atomic E-state index is -1.14. The number of aromatic amines is 1. The number of halogens is 1. The largest absolute Gasteiger partial charge is 0.494 e. The fraction of sp³-hybridized carbons (Fsp3) is 0.426. The molecule has 4 aliphatic rings. The average Bonchev–Trinajstić information content (AvgIpc) is 4.03. The van der Waals surface area contributed by atoms with E-state index >= 15 is 4.39 Å². The van der Waals surface area contributed by atoms with E-state index in [1.54, 1.807) is 22.2 Å². The van der Waals surface area contributed by atoms with Crippen molar-refractivity contribution >= 4 is 46.8 Å². The summed E-state index contributed by atoms with van der Waals surface area (Å²) in [5, 5.41) is 21.4. The molecule has 3 aromatic carbocycles. The van der Waals surface area contributed by atoms with E-state index in [4.69, 9.17) is 14.2 Å². The number of piperazine rings is 1. The van der Waals surface area contributed by atoms with Gasteiger partial charge in [-0.05, 0) is 125 Å². The molecule has 4 aliphatic heterocycles. The number of H-pyrrole nitrogens is 1. The molecule has 2 aromatic heterocycles. The topological polar surface area (TPSA) is 242 Å². The molecule has 9 rings (SSSR count). The van der Waals surface area contributed by atoms with Gasteiger partial charge in [-0.1, -0.05) is 18.2 Å². The highest BCUT2D eigenvalue weighted by Crippen LogP contribution is 2.35. The smallest absolute Gasteiger partial charge is 0.262 e. The van der Waals surface area contributed by atoms with Crippen molar-refractivity contribution in [3.63, 3.8) is 0 Å². The van der Waals surface area contributed by atoms with Crippen LogP contribution in [0.3, 0.4) is 0 Å². The number of ether oxygens (including phenoxy) is 3. The number of aromatic nitrogens is 4. The van der Waals surface area contributed by atoms with Crippen LogP contribution in [0.25, 0.3) is 11.4 Å². The summed E-state index contributed by atoms with van der Waals surface area (Å²) in [7, 11) is 0. The first-order chi connectivity index (χ1) is 36.5. The van der Waals surface area contributed by atoms with Gasteiger partial charge in [-0.25, -0.2) is 4.39 Å². The van der Waals surface area contributed by atoms with Crippen LogP contribution in [0.4, 0.5) is 15.8 Å². The zero-order valence-corrected chi connectivity index (χ0v) is 41.9. The van der Waals surface area contributed by atoms with E-state index in [0.29, 0.717) is 70.4 Å². The number of unbranched alkanes of at least 4 members (excludes halogenated alkanes) is 2. The van der Waals surface area contributed by atoms with Gasteiger partial charge in [-0.15, -0.1) is 10.2 Å². The molecule has 3 saturated heterocycles. The summed E-state index contributed by atoms with van der Waals surface area (Å²) in [5.41, 5.74) is 2.67. The fourth-order valence-corrected chi connectivity index (χ4v) is 9.85. The lowest BCUT2D eigenvalue weighted by molar-refractivity contribution is -0.137. The molecule has 0 aliphatic carbocycles. The van der Waals surface area contributed by atoms with Gasteiger partial charge in [-0.3, -0.25) is 44.0 Å². The number of pyridine rings is 1. The van der Waals surface area contributed by atoms with Crippen molar-refractivity contribution < 1.29 is 47.4 Å². The molecule has 0 saturated carbocycles. The Hall–Kier alpha value is -7.62. The number of fused-ring (bicyclic) bond motifs is 1. The standard InChI is InChI=1S/C54H62FN11O9/c1-35(58-49(69)38-9-5-10-39(30-38)61-54(16-20-57-21-17-54)53-60-48(62-63-53)36-14-18-56-19-15-36)37-8-6-11-40(31-37)75-29-4-2-3-26-73-27-7-28-74-34-47(68)65-24-22-64(23-25-65)45-33-42-41(32-43(45)55)51(71)66(52(42)72)44-12-13-46(67)59-50(44)70/h5-6,8-11,14-15,18-19,30-33,35,44,57,61H,2-4,7,12-13,16-17,20-29,34H2,1H3,(H,58,69)(H,59,67,70)(H,60,62,63)/t35-,44?/m1/s1. The number of rotatable bonds is 22. The van der Waals surface area contributed by atoms with Crippen LogP contribution in [-0.4, -0.2) is 144 Å². The van der Waals surface area contributed by atoms with Crippen molar-refractivity contribution in [3.05, 3.63) is 119 Å². The minimum Gasteiger partial charge on any atom is -0.494 e. The highest BCUT2D eigenvalue weighted by molar-refractivity contribution is 6.23. The summed E-state index contributed by atoms with van der Waals surface area (Å²) in [6.45, 7) is 6.67. The maximum absolute atomic E-state index is 15.3. The number of hydrogen-bond acceptors (Lipinski definition) is 15. The third kappa shape index (κ3) is 12.5. The van der Waals surface area contributed by atoms with Crippen LogP contribution in [0.1, 0.15) is 107 Å². The molecule has 75 heavy (non-hydrogen) atoms. The Morgan fingerprint density at radius 3 is 2.35 bits per heavy atom. The Balaban J connectivity index is 0.627. The van der Waals surface area contributed by atoms with Crippen molar-refractivity contribution in [2.45, 2.75) is 75.9 Å². The van der Waals surface area contributed by atoms with Gasteiger partial charge in [0.25, 0.3) is 17.7 Å². The lowest BCUT2D eigenvalue weighted by Crippen LogP contribution is -2.54. The van der Waals surface area contributed by atoms with Gasteiger partial charge in [0.1, 0.15) is 24.2 Å². The van der Waals surface area contributed by atoms with Gasteiger partial charge in [0.05, 0.1) is 35.0 Å². The van der Waals surface area contributed by atoms with Crippen LogP contribution in [0.2, 0.25) is 0 Å². The second-order valence-electron chi connectivity index (χ2n) is 19.2. The molecule has 394 valence electrons. The molecule has 0 spiro atoms. The van der Waals surface area contributed by atoms with Crippen molar-refractivity contribution in [2.75, 3.05) is 82.5 Å². The number of anilines is 2. The molecular weight excluding hydrogens is 966 g/mol. The van der Waals surface area contributed by atoms with E-state index in [1.807, 2.05) is 67.6 Å². The molecule has 5 N–H and O–H groups in total. The number of amides is 6. The Morgan fingerprint density at radius 1 is 0.827 bits per heavy atom. The summed E-state index contributed by atoms with van der Waals surface area (Å²) in [6, 6.07) is 20.0. The lowest BCUT2D eigenvalue weighted by Gasteiger charge is -2.37. The van der Waals surface area contributed by atoms with E-state index in [1.165, 1.54) is 6.07 Å². The SMILES string of the molecule is C[C@@H](NC(=O)c1cccc(NC2(c3nnc(-c4ccncc4)[nH]3)CCNCC2)c1)c1cccc(OCCCCCOCCCOCC(=O)N2CCN(c3cc4c(cc3F)C(=O)N(C3CCC(=O)NC3=O)C4=O)CC2)c1. The van der Waals surface area contributed by atoms with Gasteiger partial charge < -0.3 is 44.9 Å². The number of nitrogens with zero attached hydrogens (tertiary/aromatic N) is 6. The third-order valence-electron chi connectivity index (χ3n) is 14.0. The molecule has 0 radical (unpaired) electrons. The first-order valence-electron chi connectivity index (χ1n) is 25.7. The number of imide groups is 2. The fourth-order valence-electron chi connectivity index (χ4n) is 9.85. The Kier molecular flexibility index (Phi) is 16.8. The second-order valence-corrected chi connectivity index (χ2v) is 19.2. The third-order valence-corrected chi connectivity index (χ3v) is 14.0. The van der Waals surface area contributed by atoms with Gasteiger partial charge in [0.2, 0.25) is 17.7 Å². The molecule has 20 nitrogen and oxygen atoms in total. The van der Waals surface area contributed by atoms with Gasteiger partial charge in [0, 0.05) is 81.6 Å². The van der Waals surface area contributed by atoms with E-state index in [-0.39, 0.29) is 54.1 Å². The van der Waals surface area contributed by atoms with Gasteiger partial charge in [-0.2, -0.15) is 0 Å².